The minimum absolute atomic E-state index is 0.0558. The largest absolute Gasteiger partial charge is 0.328 e. The smallest absolute Gasteiger partial charge is 0.160 e. The lowest BCUT2D eigenvalue weighted by Crippen LogP contribution is -2.11. The summed E-state index contributed by atoms with van der Waals surface area (Å²) in [4.78, 5) is 14.3. The summed E-state index contributed by atoms with van der Waals surface area (Å²) in [7, 11) is 0. The van der Waals surface area contributed by atoms with Crippen LogP contribution in [0.4, 0.5) is 0 Å². The number of pyridine rings is 1. The molecule has 6 heteroatoms. The molecule has 0 radical (unpaired) electrons. The van der Waals surface area contributed by atoms with E-state index in [1.54, 1.807) is 0 Å². The molecule has 28 heavy (non-hydrogen) atoms. The van der Waals surface area contributed by atoms with Crippen LogP contribution in [-0.2, 0) is 6.42 Å². The van der Waals surface area contributed by atoms with E-state index in [2.05, 4.69) is 56.4 Å². The lowest BCUT2D eigenvalue weighted by atomic mass is 10.0. The third-order valence-corrected chi connectivity index (χ3v) is 5.85. The van der Waals surface area contributed by atoms with Gasteiger partial charge in [0.15, 0.2) is 10.8 Å². The molecule has 2 N–H and O–H groups in total. The SMILES string of the molecule is CCc1cc(C(N)CC)ncc1-c1nc2c(C)cn(C(CC)CC)c2nc1Cl. The molecule has 3 rings (SSSR count). The fraction of sp³-hybridized carbons (Fsp3) is 0.500. The molecule has 0 aliphatic rings. The topological polar surface area (TPSA) is 69.6 Å². The highest BCUT2D eigenvalue weighted by atomic mass is 35.5. The van der Waals surface area contributed by atoms with Crippen molar-refractivity contribution >= 4 is 22.8 Å². The molecule has 150 valence electrons. The monoisotopic (exact) mass is 399 g/mol. The molecule has 0 saturated carbocycles. The number of hydrogen-bond acceptors (Lipinski definition) is 4. The molecular formula is C22H30ClN5. The molecule has 3 aromatic heterocycles. The van der Waals surface area contributed by atoms with Gasteiger partial charge in [0.05, 0.1) is 5.69 Å². The predicted octanol–water partition coefficient (Wildman–Crippen LogP) is 5.79. The summed E-state index contributed by atoms with van der Waals surface area (Å²) in [5.41, 5.74) is 12.7. The highest BCUT2D eigenvalue weighted by molar-refractivity contribution is 6.32. The highest BCUT2D eigenvalue weighted by Crippen LogP contribution is 2.33. The average molecular weight is 400 g/mol. The number of halogens is 1. The predicted molar refractivity (Wildman–Crippen MR) is 117 cm³/mol. The molecule has 0 amide bonds. The Labute approximate surface area is 172 Å². The summed E-state index contributed by atoms with van der Waals surface area (Å²) < 4.78 is 2.22. The minimum Gasteiger partial charge on any atom is -0.328 e. The van der Waals surface area contributed by atoms with Gasteiger partial charge in [-0.1, -0.05) is 39.3 Å². The third-order valence-electron chi connectivity index (χ3n) is 5.59. The highest BCUT2D eigenvalue weighted by Gasteiger charge is 2.20. The summed E-state index contributed by atoms with van der Waals surface area (Å²) in [6, 6.07) is 2.42. The number of aryl methyl sites for hydroxylation is 2. The molecule has 0 fully saturated rings. The van der Waals surface area contributed by atoms with Crippen LogP contribution in [0, 0.1) is 6.92 Å². The van der Waals surface area contributed by atoms with Crippen molar-refractivity contribution in [3.05, 3.63) is 40.4 Å². The Morgan fingerprint density at radius 1 is 1.11 bits per heavy atom. The Kier molecular flexibility index (Phi) is 6.36. The number of fused-ring (bicyclic) bond motifs is 1. The second-order valence-corrected chi connectivity index (χ2v) is 7.72. The summed E-state index contributed by atoms with van der Waals surface area (Å²) in [6.07, 6.45) is 7.78. The fourth-order valence-corrected chi connectivity index (χ4v) is 3.97. The van der Waals surface area contributed by atoms with Gasteiger partial charge in [-0.05, 0) is 49.8 Å². The first-order chi connectivity index (χ1) is 13.4. The van der Waals surface area contributed by atoms with E-state index in [9.17, 15) is 0 Å². The third kappa shape index (κ3) is 3.65. The van der Waals surface area contributed by atoms with Crippen LogP contribution in [0.2, 0.25) is 5.15 Å². The second kappa shape index (κ2) is 8.58. The molecule has 0 bridgehead atoms. The number of hydrogen-bond donors (Lipinski definition) is 1. The van der Waals surface area contributed by atoms with Gasteiger partial charge in [0.2, 0.25) is 0 Å². The van der Waals surface area contributed by atoms with Crippen LogP contribution < -0.4 is 5.73 Å². The van der Waals surface area contributed by atoms with Gasteiger partial charge in [-0.3, -0.25) is 4.98 Å². The van der Waals surface area contributed by atoms with Gasteiger partial charge in [0, 0.05) is 30.0 Å². The zero-order chi connectivity index (χ0) is 20.4. The number of nitrogens with zero attached hydrogens (tertiary/aromatic N) is 4. The molecule has 0 aromatic carbocycles. The molecule has 3 aromatic rings. The Balaban J connectivity index is 2.17. The summed E-state index contributed by atoms with van der Waals surface area (Å²) in [5, 5.41) is 0.418. The maximum absolute atomic E-state index is 6.63. The normalized spacial score (nSPS) is 12.9. The van der Waals surface area contributed by atoms with Gasteiger partial charge in [0.25, 0.3) is 0 Å². The Morgan fingerprint density at radius 2 is 1.82 bits per heavy atom. The molecule has 5 nitrogen and oxygen atoms in total. The van der Waals surface area contributed by atoms with Crippen LogP contribution >= 0.6 is 11.6 Å². The molecule has 1 unspecified atom stereocenters. The van der Waals surface area contributed by atoms with Crippen LogP contribution in [0.5, 0.6) is 0 Å². The Hall–Kier alpha value is -1.98. The zero-order valence-electron chi connectivity index (χ0n) is 17.5. The number of nitrogens with two attached hydrogens (primary N) is 1. The quantitative estimate of drug-likeness (QED) is 0.545. The summed E-state index contributed by atoms with van der Waals surface area (Å²) in [6.45, 7) is 10.7. The maximum Gasteiger partial charge on any atom is 0.160 e. The van der Waals surface area contributed by atoms with Gasteiger partial charge in [-0.2, -0.15) is 0 Å². The van der Waals surface area contributed by atoms with Crippen molar-refractivity contribution < 1.29 is 0 Å². The van der Waals surface area contributed by atoms with Crippen LogP contribution in [0.3, 0.4) is 0 Å². The molecule has 0 aliphatic carbocycles. The summed E-state index contributed by atoms with van der Waals surface area (Å²) in [5.74, 6) is 0. The standard InChI is InChI=1S/C22H30ClN5/c1-6-14-10-18(17(24)9-4)25-11-16(14)20-21(23)27-22-19(26-20)13(5)12-28(22)15(7-2)8-3/h10-12,15,17H,6-9,24H2,1-5H3. The van der Waals surface area contributed by atoms with E-state index < -0.39 is 0 Å². The first-order valence-electron chi connectivity index (χ1n) is 10.2. The molecular weight excluding hydrogens is 370 g/mol. The van der Waals surface area contributed by atoms with Gasteiger partial charge in [-0.25, -0.2) is 9.97 Å². The molecule has 1 atom stereocenters. The fourth-order valence-electron chi connectivity index (χ4n) is 3.75. The van der Waals surface area contributed by atoms with Crippen molar-refractivity contribution in [3.63, 3.8) is 0 Å². The molecule has 0 spiro atoms. The number of aromatic nitrogens is 4. The van der Waals surface area contributed by atoms with Gasteiger partial charge >= 0.3 is 0 Å². The van der Waals surface area contributed by atoms with Crippen LogP contribution in [-0.4, -0.2) is 19.5 Å². The summed E-state index contributed by atoms with van der Waals surface area (Å²) >= 11 is 6.63. The minimum atomic E-state index is -0.0558. The van der Waals surface area contributed by atoms with Crippen LogP contribution in [0.15, 0.2) is 18.5 Å². The molecule has 0 aliphatic heterocycles. The van der Waals surface area contributed by atoms with Crippen LogP contribution in [0.25, 0.3) is 22.4 Å². The molecule has 3 heterocycles. The van der Waals surface area contributed by atoms with E-state index >= 15 is 0 Å². The van der Waals surface area contributed by atoms with E-state index in [4.69, 9.17) is 27.3 Å². The first-order valence-corrected chi connectivity index (χ1v) is 10.6. The molecule has 0 saturated heterocycles. The van der Waals surface area contributed by atoms with Gasteiger partial charge in [0.1, 0.15) is 11.2 Å². The Morgan fingerprint density at radius 3 is 2.43 bits per heavy atom. The van der Waals surface area contributed by atoms with Crippen molar-refractivity contribution in [2.45, 2.75) is 72.4 Å². The second-order valence-electron chi connectivity index (χ2n) is 7.36. The first kappa shape index (κ1) is 20.7. The van der Waals surface area contributed by atoms with Crippen molar-refractivity contribution in [3.8, 4) is 11.3 Å². The van der Waals surface area contributed by atoms with E-state index in [-0.39, 0.29) is 6.04 Å². The van der Waals surface area contributed by atoms with Crippen molar-refractivity contribution in [2.75, 3.05) is 0 Å². The van der Waals surface area contributed by atoms with Crippen molar-refractivity contribution in [1.82, 2.24) is 19.5 Å². The van der Waals surface area contributed by atoms with E-state index in [1.807, 2.05) is 6.20 Å². The van der Waals surface area contributed by atoms with Crippen molar-refractivity contribution in [2.24, 2.45) is 5.73 Å². The van der Waals surface area contributed by atoms with E-state index in [0.717, 1.165) is 59.2 Å². The lowest BCUT2D eigenvalue weighted by molar-refractivity contribution is 0.482. The van der Waals surface area contributed by atoms with E-state index in [0.29, 0.717) is 16.9 Å². The average Bonchev–Trinajstić information content (AvgIpc) is 3.02. The lowest BCUT2D eigenvalue weighted by Gasteiger charge is -2.16. The van der Waals surface area contributed by atoms with Crippen LogP contribution in [0.1, 0.15) is 75.9 Å². The Bertz CT molecular complexity index is 975. The maximum atomic E-state index is 6.63. The van der Waals surface area contributed by atoms with E-state index in [1.165, 1.54) is 0 Å². The number of rotatable bonds is 7. The zero-order valence-corrected chi connectivity index (χ0v) is 18.2. The van der Waals surface area contributed by atoms with Gasteiger partial charge in [-0.15, -0.1) is 0 Å². The van der Waals surface area contributed by atoms with Gasteiger partial charge < -0.3 is 10.3 Å². The van der Waals surface area contributed by atoms with Crippen molar-refractivity contribution in [1.29, 1.82) is 0 Å².